The Morgan fingerprint density at radius 3 is 1.83 bits per heavy atom. The van der Waals surface area contributed by atoms with Gasteiger partial charge in [-0.2, -0.15) is 0 Å². The van der Waals surface area contributed by atoms with E-state index in [1.807, 2.05) is 86.7 Å². The first-order valence-electron chi connectivity index (χ1n) is 9.91. The molecular formula is C23H30N4O2. The maximum Gasteiger partial charge on any atom is 0.343 e. The number of esters is 1. The van der Waals surface area contributed by atoms with Crippen LogP contribution in [0.25, 0.3) is 11.3 Å². The molecule has 0 aliphatic heterocycles. The van der Waals surface area contributed by atoms with E-state index >= 15 is 0 Å². The molecule has 0 fully saturated rings. The molecule has 0 unspecified atom stereocenters. The van der Waals surface area contributed by atoms with Crippen molar-refractivity contribution in [3.8, 4) is 0 Å². The van der Waals surface area contributed by atoms with Crippen LogP contribution in [0.4, 0.5) is 0 Å². The van der Waals surface area contributed by atoms with Crippen molar-refractivity contribution in [1.29, 1.82) is 0 Å². The molecule has 29 heavy (non-hydrogen) atoms. The van der Waals surface area contributed by atoms with Crippen LogP contribution in [0.2, 0.25) is 0 Å². The Kier molecular flexibility index (Phi) is 10.4. The van der Waals surface area contributed by atoms with Gasteiger partial charge in [0.1, 0.15) is 5.76 Å². The number of ether oxygens (including phenoxy) is 1. The number of carbonyl (C=O) groups is 1. The van der Waals surface area contributed by atoms with Gasteiger partial charge in [-0.05, 0) is 11.6 Å². The summed E-state index contributed by atoms with van der Waals surface area (Å²) in [5, 5.41) is 0. The fourth-order valence-corrected chi connectivity index (χ4v) is 2.60. The van der Waals surface area contributed by atoms with Gasteiger partial charge in [0.2, 0.25) is 0 Å². The van der Waals surface area contributed by atoms with Gasteiger partial charge in [0, 0.05) is 31.7 Å². The average Bonchev–Trinajstić information content (AvgIpc) is 2.77. The molecule has 0 aliphatic carbocycles. The Labute approximate surface area is 173 Å². The van der Waals surface area contributed by atoms with Crippen LogP contribution in [0.1, 0.15) is 25.0 Å². The molecule has 0 aromatic heterocycles. The Bertz CT molecular complexity index is 789. The molecule has 2 aromatic carbocycles. The van der Waals surface area contributed by atoms with Crippen molar-refractivity contribution in [2.45, 2.75) is 13.8 Å². The molecule has 6 nitrogen and oxygen atoms in total. The van der Waals surface area contributed by atoms with Crippen molar-refractivity contribution >= 4 is 17.3 Å². The van der Waals surface area contributed by atoms with Gasteiger partial charge in [-0.1, -0.05) is 80.6 Å². The Morgan fingerprint density at radius 2 is 1.28 bits per heavy atom. The number of hydrogen-bond donors (Lipinski definition) is 4. The molecule has 4 N–H and O–H groups in total. The molecule has 0 spiro atoms. The monoisotopic (exact) mass is 394 g/mol. The third-order valence-electron chi connectivity index (χ3n) is 3.97. The van der Waals surface area contributed by atoms with E-state index < -0.39 is 5.97 Å². The Hall–Kier alpha value is -2.77. The lowest BCUT2D eigenvalue weighted by Gasteiger charge is -2.13. The van der Waals surface area contributed by atoms with Crippen LogP contribution in [0.15, 0.2) is 72.8 Å². The van der Waals surface area contributed by atoms with Crippen LogP contribution in [0, 0.1) is 0 Å². The van der Waals surface area contributed by atoms with E-state index in [0.717, 1.165) is 24.2 Å². The lowest BCUT2D eigenvalue weighted by atomic mass is 10.1. The number of nitrogens with one attached hydrogen (secondary N) is 4. The van der Waals surface area contributed by atoms with Gasteiger partial charge in [0.15, 0.2) is 0 Å². The van der Waals surface area contributed by atoms with Crippen LogP contribution in [0.5, 0.6) is 0 Å². The maximum atomic E-state index is 13.1. The molecule has 0 atom stereocenters. The van der Waals surface area contributed by atoms with E-state index in [2.05, 4.69) is 21.7 Å². The molecular weight excluding hydrogens is 364 g/mol. The van der Waals surface area contributed by atoms with Gasteiger partial charge in [-0.15, -0.1) is 0 Å². The molecule has 2 rings (SSSR count). The summed E-state index contributed by atoms with van der Waals surface area (Å²) >= 11 is 0. The van der Waals surface area contributed by atoms with Crippen LogP contribution >= 0.6 is 0 Å². The highest BCUT2D eigenvalue weighted by atomic mass is 16.5. The quantitative estimate of drug-likeness (QED) is 0.146. The van der Waals surface area contributed by atoms with Gasteiger partial charge < -0.3 is 4.74 Å². The van der Waals surface area contributed by atoms with Crippen molar-refractivity contribution in [3.05, 3.63) is 83.9 Å². The highest BCUT2D eigenvalue weighted by Gasteiger charge is 2.16. The summed E-state index contributed by atoms with van der Waals surface area (Å²) in [5.41, 5.74) is 14.4. The fourth-order valence-electron chi connectivity index (χ4n) is 2.60. The zero-order valence-electron chi connectivity index (χ0n) is 17.1. The SMILES string of the molecule is CCNNC/C=C(/OC(=O)/C(=C/CNNCC)c1ccccc1)c1ccccc1. The molecule has 0 aliphatic rings. The minimum atomic E-state index is -0.395. The van der Waals surface area contributed by atoms with E-state index in [4.69, 9.17) is 4.74 Å². The Balaban J connectivity index is 2.22. The first-order chi connectivity index (χ1) is 14.3. The third kappa shape index (κ3) is 8.01. The van der Waals surface area contributed by atoms with Crippen molar-refractivity contribution in [2.75, 3.05) is 26.2 Å². The predicted octanol–water partition coefficient (Wildman–Crippen LogP) is 2.88. The lowest BCUT2D eigenvalue weighted by Crippen LogP contribution is -2.31. The first-order valence-corrected chi connectivity index (χ1v) is 9.91. The van der Waals surface area contributed by atoms with Crippen LogP contribution in [-0.2, 0) is 9.53 Å². The molecule has 0 heterocycles. The summed E-state index contributed by atoms with van der Waals surface area (Å²) in [5.74, 6) is 0.121. The smallest absolute Gasteiger partial charge is 0.343 e. The molecule has 0 amide bonds. The van der Waals surface area contributed by atoms with Crippen LogP contribution < -0.4 is 21.7 Å². The van der Waals surface area contributed by atoms with E-state index in [9.17, 15) is 4.79 Å². The van der Waals surface area contributed by atoms with E-state index in [1.165, 1.54) is 0 Å². The lowest BCUT2D eigenvalue weighted by molar-refractivity contribution is -0.130. The van der Waals surface area contributed by atoms with Crippen LogP contribution in [0.3, 0.4) is 0 Å². The van der Waals surface area contributed by atoms with Gasteiger partial charge in [0.25, 0.3) is 0 Å². The van der Waals surface area contributed by atoms with E-state index in [-0.39, 0.29) is 0 Å². The fraction of sp³-hybridized carbons (Fsp3) is 0.261. The summed E-state index contributed by atoms with van der Waals surface area (Å²) in [7, 11) is 0. The number of benzene rings is 2. The first kappa shape index (κ1) is 22.5. The van der Waals surface area contributed by atoms with Gasteiger partial charge in [-0.3, -0.25) is 21.7 Å². The standard InChI is InChI=1S/C23H30N4O2/c1-3-24-26-17-15-21(19-11-7-5-8-12-19)23(28)29-22(16-18-27-25-4-2)20-13-9-6-10-14-20/h5-16,24-27H,3-4,17-18H2,1-2H3/b21-15+,22-16+. The summed E-state index contributed by atoms with van der Waals surface area (Å²) in [4.78, 5) is 13.1. The summed E-state index contributed by atoms with van der Waals surface area (Å²) in [6.07, 6.45) is 3.69. The topological polar surface area (TPSA) is 74.4 Å². The maximum absolute atomic E-state index is 13.1. The molecule has 0 saturated carbocycles. The number of carbonyl (C=O) groups excluding carboxylic acids is 1. The largest absolute Gasteiger partial charge is 0.423 e. The minimum absolute atomic E-state index is 0.395. The minimum Gasteiger partial charge on any atom is -0.423 e. The van der Waals surface area contributed by atoms with Gasteiger partial charge in [-0.25, -0.2) is 4.79 Å². The number of rotatable bonds is 12. The van der Waals surface area contributed by atoms with Crippen molar-refractivity contribution in [2.24, 2.45) is 0 Å². The molecule has 6 heteroatoms. The predicted molar refractivity (Wildman–Crippen MR) is 118 cm³/mol. The molecule has 2 aromatic rings. The summed E-state index contributed by atoms with van der Waals surface area (Å²) < 4.78 is 5.83. The number of hydrazine groups is 2. The van der Waals surface area contributed by atoms with Gasteiger partial charge >= 0.3 is 5.97 Å². The molecule has 0 radical (unpaired) electrons. The van der Waals surface area contributed by atoms with Crippen LogP contribution in [-0.4, -0.2) is 32.1 Å². The average molecular weight is 395 g/mol. The second-order valence-electron chi connectivity index (χ2n) is 6.13. The van der Waals surface area contributed by atoms with E-state index in [1.54, 1.807) is 0 Å². The highest BCUT2D eigenvalue weighted by Crippen LogP contribution is 2.21. The zero-order chi connectivity index (χ0) is 20.7. The second-order valence-corrected chi connectivity index (χ2v) is 6.13. The van der Waals surface area contributed by atoms with Gasteiger partial charge in [0.05, 0.1) is 5.57 Å². The Morgan fingerprint density at radius 1 is 0.759 bits per heavy atom. The second kappa shape index (κ2) is 13.4. The summed E-state index contributed by atoms with van der Waals surface area (Å²) in [6.45, 7) is 6.62. The van der Waals surface area contributed by atoms with Crippen molar-refractivity contribution in [1.82, 2.24) is 21.7 Å². The zero-order valence-corrected chi connectivity index (χ0v) is 17.1. The van der Waals surface area contributed by atoms with E-state index in [0.29, 0.717) is 24.4 Å². The third-order valence-corrected chi connectivity index (χ3v) is 3.97. The molecule has 0 bridgehead atoms. The molecule has 0 saturated heterocycles. The number of hydrogen-bond acceptors (Lipinski definition) is 6. The summed E-state index contributed by atoms with van der Waals surface area (Å²) in [6, 6.07) is 19.2. The molecule has 154 valence electrons. The van der Waals surface area contributed by atoms with Crippen molar-refractivity contribution < 1.29 is 9.53 Å². The highest BCUT2D eigenvalue weighted by molar-refractivity contribution is 6.17. The van der Waals surface area contributed by atoms with Crippen molar-refractivity contribution in [3.63, 3.8) is 0 Å². The normalized spacial score (nSPS) is 12.1.